The van der Waals surface area contributed by atoms with Crippen molar-refractivity contribution in [3.63, 3.8) is 0 Å². The second kappa shape index (κ2) is 8.27. The Hall–Kier alpha value is -2.82. The normalized spacial score (nSPS) is 12.0. The van der Waals surface area contributed by atoms with Crippen LogP contribution in [0.15, 0.2) is 50.6 Å². The fraction of sp³-hybridized carbons (Fsp3) is 0.250. The number of hydrogen-bond acceptors (Lipinski definition) is 7. The molecule has 2 N–H and O–H groups in total. The number of para-hydroxylation sites is 1. The maximum atomic E-state index is 12.3. The van der Waals surface area contributed by atoms with Gasteiger partial charge < -0.3 is 19.7 Å². The molecule has 0 saturated heterocycles. The zero-order chi connectivity index (χ0) is 21.3. The van der Waals surface area contributed by atoms with Crippen LogP contribution < -0.4 is 19.3 Å². The summed E-state index contributed by atoms with van der Waals surface area (Å²) in [6, 6.07) is 7.92. The van der Waals surface area contributed by atoms with Crippen LogP contribution in [0.1, 0.15) is 35.5 Å². The highest BCUT2D eigenvalue weighted by atomic mass is 127. The van der Waals surface area contributed by atoms with Crippen LogP contribution in [0, 0.1) is 0 Å². The number of aromatic hydroxyl groups is 1. The summed E-state index contributed by atoms with van der Waals surface area (Å²) in [4.78, 5) is 38.1. The van der Waals surface area contributed by atoms with Crippen molar-refractivity contribution in [1.82, 2.24) is 4.90 Å². The lowest BCUT2D eigenvalue weighted by Gasteiger charge is -2.28. The van der Waals surface area contributed by atoms with Gasteiger partial charge in [0, 0.05) is 14.1 Å². The lowest BCUT2D eigenvalue weighted by atomic mass is 10.1. The fourth-order valence-corrected chi connectivity index (χ4v) is 4.13. The first-order valence-electron chi connectivity index (χ1n) is 8.90. The molecular formula is C20H20IN3O5. The molecule has 0 aliphatic carbocycles. The molecule has 152 valence electrons. The molecule has 1 atom stereocenters. The minimum atomic E-state index is -0.681. The van der Waals surface area contributed by atoms with Gasteiger partial charge in [-0.3, -0.25) is 17.5 Å². The van der Waals surface area contributed by atoms with Crippen LogP contribution in [-0.4, -0.2) is 30.0 Å². The molecule has 1 aromatic heterocycles. The lowest BCUT2D eigenvalue weighted by molar-refractivity contribution is 0.0824. The van der Waals surface area contributed by atoms with Crippen molar-refractivity contribution in [2.45, 2.75) is 19.4 Å². The Morgan fingerprint density at radius 2 is 1.93 bits per heavy atom. The molecule has 0 fully saturated rings. The largest absolute Gasteiger partial charge is 0.505 e. The molecule has 0 bridgehead atoms. The SMILES string of the molecule is CCC(c1ccco1)N(I)c1c(Nc2cccc(C(=O)N(C)C)c2O)c(=O)c1=O. The number of furan rings is 1. The monoisotopic (exact) mass is 509 g/mol. The van der Waals surface area contributed by atoms with Gasteiger partial charge in [0.1, 0.15) is 17.1 Å². The van der Waals surface area contributed by atoms with Gasteiger partial charge in [-0.2, -0.15) is 0 Å². The fourth-order valence-electron chi connectivity index (χ4n) is 3.00. The molecule has 8 nitrogen and oxygen atoms in total. The molecule has 0 saturated carbocycles. The van der Waals surface area contributed by atoms with Crippen LogP contribution in [0.25, 0.3) is 0 Å². The van der Waals surface area contributed by atoms with Gasteiger partial charge in [-0.05, 0) is 30.7 Å². The number of halogens is 1. The summed E-state index contributed by atoms with van der Waals surface area (Å²) >= 11 is 1.98. The maximum absolute atomic E-state index is 12.3. The molecule has 0 aliphatic heterocycles. The highest BCUT2D eigenvalue weighted by Gasteiger charge is 2.31. The minimum absolute atomic E-state index is 0.0687. The lowest BCUT2D eigenvalue weighted by Crippen LogP contribution is -2.39. The number of phenolic OH excluding ortho intramolecular Hbond substituents is 1. The molecule has 1 amide bonds. The number of nitrogens with zero attached hydrogens (tertiary/aromatic N) is 2. The average molecular weight is 509 g/mol. The Bertz CT molecular complexity index is 1100. The highest BCUT2D eigenvalue weighted by Crippen LogP contribution is 2.38. The summed E-state index contributed by atoms with van der Waals surface area (Å²) in [5.74, 6) is 0.00126. The number of benzene rings is 1. The Labute approximate surface area is 180 Å². The van der Waals surface area contributed by atoms with Crippen LogP contribution in [0.4, 0.5) is 17.1 Å². The number of rotatable bonds is 7. The second-order valence-electron chi connectivity index (χ2n) is 6.66. The van der Waals surface area contributed by atoms with Crippen LogP contribution >= 0.6 is 22.9 Å². The van der Waals surface area contributed by atoms with E-state index in [1.54, 1.807) is 41.7 Å². The van der Waals surface area contributed by atoms with Gasteiger partial charge in [-0.15, -0.1) is 0 Å². The van der Waals surface area contributed by atoms with Crippen LogP contribution in [0.5, 0.6) is 5.75 Å². The average Bonchev–Trinajstić information content (AvgIpc) is 3.22. The smallest absolute Gasteiger partial charge is 0.257 e. The molecule has 3 aromatic rings. The van der Waals surface area contributed by atoms with E-state index in [1.165, 1.54) is 17.0 Å². The van der Waals surface area contributed by atoms with Crippen molar-refractivity contribution >= 4 is 45.8 Å². The summed E-state index contributed by atoms with van der Waals surface area (Å²) in [7, 11) is 3.15. The van der Waals surface area contributed by atoms with Crippen molar-refractivity contribution < 1.29 is 14.3 Å². The Morgan fingerprint density at radius 3 is 2.52 bits per heavy atom. The van der Waals surface area contributed by atoms with E-state index in [-0.39, 0.29) is 40.3 Å². The zero-order valence-electron chi connectivity index (χ0n) is 16.1. The number of phenols is 1. The van der Waals surface area contributed by atoms with E-state index in [0.717, 1.165) is 0 Å². The van der Waals surface area contributed by atoms with Gasteiger partial charge in [0.2, 0.25) is 0 Å². The molecule has 29 heavy (non-hydrogen) atoms. The van der Waals surface area contributed by atoms with Gasteiger partial charge in [-0.1, -0.05) is 13.0 Å². The van der Waals surface area contributed by atoms with Crippen LogP contribution in [0.2, 0.25) is 0 Å². The van der Waals surface area contributed by atoms with Gasteiger partial charge in [0.25, 0.3) is 16.8 Å². The molecule has 1 unspecified atom stereocenters. The molecule has 0 spiro atoms. The molecule has 0 radical (unpaired) electrons. The summed E-state index contributed by atoms with van der Waals surface area (Å²) in [5.41, 5.74) is -0.774. The predicted molar refractivity (Wildman–Crippen MR) is 119 cm³/mol. The first kappa shape index (κ1) is 20.9. The summed E-state index contributed by atoms with van der Waals surface area (Å²) in [6.45, 7) is 1.94. The molecule has 3 rings (SSSR count). The Kier molecular flexibility index (Phi) is 5.96. The first-order valence-corrected chi connectivity index (χ1v) is 9.86. The summed E-state index contributed by atoms with van der Waals surface area (Å²) in [5, 5.41) is 13.3. The third-order valence-electron chi connectivity index (χ3n) is 4.56. The van der Waals surface area contributed by atoms with E-state index in [1.807, 2.05) is 29.8 Å². The number of hydrogen-bond donors (Lipinski definition) is 2. The van der Waals surface area contributed by atoms with E-state index < -0.39 is 10.9 Å². The molecule has 1 heterocycles. The quantitative estimate of drug-likeness (QED) is 0.218. The van der Waals surface area contributed by atoms with Crippen molar-refractivity contribution in [3.8, 4) is 5.75 Å². The number of anilines is 3. The molecule has 0 aliphatic rings. The van der Waals surface area contributed by atoms with E-state index in [4.69, 9.17) is 4.42 Å². The Balaban J connectivity index is 1.96. The van der Waals surface area contributed by atoms with E-state index in [2.05, 4.69) is 5.32 Å². The van der Waals surface area contributed by atoms with E-state index in [9.17, 15) is 19.5 Å². The standard InChI is InChI=1S/C20H20IN3O5/c1-4-13(14-9-6-10-29-14)24(21)16-15(18(26)19(16)27)22-12-8-5-7-11(17(12)25)20(28)23(2)3/h5-10,13,22,25H,4H2,1-3H3. The number of carbonyl (C=O) groups excluding carboxylic acids is 1. The third-order valence-corrected chi connectivity index (χ3v) is 5.72. The zero-order valence-corrected chi connectivity index (χ0v) is 18.3. The molecular weight excluding hydrogens is 489 g/mol. The number of amides is 1. The van der Waals surface area contributed by atoms with Crippen LogP contribution in [-0.2, 0) is 0 Å². The third kappa shape index (κ3) is 3.74. The minimum Gasteiger partial charge on any atom is -0.505 e. The van der Waals surface area contributed by atoms with Crippen molar-refractivity contribution in [2.75, 3.05) is 22.5 Å². The first-order chi connectivity index (χ1) is 13.8. The van der Waals surface area contributed by atoms with Crippen molar-refractivity contribution in [1.29, 1.82) is 0 Å². The highest BCUT2D eigenvalue weighted by molar-refractivity contribution is 14.1. The van der Waals surface area contributed by atoms with Gasteiger partial charge in [-0.25, -0.2) is 0 Å². The van der Waals surface area contributed by atoms with Crippen LogP contribution in [0.3, 0.4) is 0 Å². The number of nitrogens with one attached hydrogen (secondary N) is 1. The maximum Gasteiger partial charge on any atom is 0.257 e. The van der Waals surface area contributed by atoms with Gasteiger partial charge >= 0.3 is 0 Å². The van der Waals surface area contributed by atoms with Crippen molar-refractivity contribution in [3.05, 3.63) is 68.4 Å². The van der Waals surface area contributed by atoms with Gasteiger partial charge in [0.05, 0.1) is 46.4 Å². The van der Waals surface area contributed by atoms with E-state index in [0.29, 0.717) is 12.2 Å². The summed E-state index contributed by atoms with van der Waals surface area (Å²) < 4.78 is 7.12. The Morgan fingerprint density at radius 1 is 1.21 bits per heavy atom. The van der Waals surface area contributed by atoms with Crippen molar-refractivity contribution in [2.24, 2.45) is 0 Å². The predicted octanol–water partition coefficient (Wildman–Crippen LogP) is 3.33. The summed E-state index contributed by atoms with van der Waals surface area (Å²) in [6.07, 6.45) is 2.20. The van der Waals surface area contributed by atoms with E-state index >= 15 is 0 Å². The topological polar surface area (TPSA) is 103 Å². The second-order valence-corrected chi connectivity index (χ2v) is 7.70. The molecule has 9 heteroatoms. The van der Waals surface area contributed by atoms with Gasteiger partial charge in [0.15, 0.2) is 5.75 Å². The number of carbonyl (C=O) groups is 1. The molecule has 2 aromatic carbocycles.